The van der Waals surface area contributed by atoms with Gasteiger partial charge in [0.25, 0.3) is 5.56 Å². The summed E-state index contributed by atoms with van der Waals surface area (Å²) in [6.45, 7) is 1.29. The molecule has 1 unspecified atom stereocenters. The second kappa shape index (κ2) is 7.80. The lowest BCUT2D eigenvalue weighted by Crippen LogP contribution is -2.48. The minimum atomic E-state index is -0.0644. The van der Waals surface area contributed by atoms with Gasteiger partial charge in [-0.3, -0.25) is 4.79 Å². The van der Waals surface area contributed by atoms with Gasteiger partial charge in [-0.1, -0.05) is 25.7 Å². The summed E-state index contributed by atoms with van der Waals surface area (Å²) >= 11 is 0. The molecular formula is C20H30N4O2. The standard InChI is InChI=1S/C20H30N4O2/c25-19-12-11-18(15-9-10-15)22-24(19)14-17-8-5-13-23(17)20(26)21-16-6-3-1-2-4-7-16/h11-12,15-17H,1-10,13-14H2,(H,21,26). The molecule has 3 fully saturated rings. The summed E-state index contributed by atoms with van der Waals surface area (Å²) in [5.41, 5.74) is 0.961. The fraction of sp³-hybridized carbons (Fsp3) is 0.750. The van der Waals surface area contributed by atoms with Crippen molar-refractivity contribution in [3.05, 3.63) is 28.2 Å². The normalized spacial score (nSPS) is 24.5. The molecule has 0 bridgehead atoms. The highest BCUT2D eigenvalue weighted by Crippen LogP contribution is 2.38. The molecule has 1 aromatic rings. The molecule has 0 radical (unpaired) electrons. The van der Waals surface area contributed by atoms with E-state index in [0.29, 0.717) is 18.5 Å². The lowest BCUT2D eigenvalue weighted by atomic mass is 10.1. The van der Waals surface area contributed by atoms with E-state index in [0.717, 1.165) is 37.9 Å². The van der Waals surface area contributed by atoms with Crippen LogP contribution in [-0.2, 0) is 6.54 Å². The van der Waals surface area contributed by atoms with Crippen LogP contribution in [-0.4, -0.2) is 39.3 Å². The maximum absolute atomic E-state index is 12.8. The van der Waals surface area contributed by atoms with Gasteiger partial charge in [0.1, 0.15) is 0 Å². The first-order chi connectivity index (χ1) is 12.7. The highest BCUT2D eigenvalue weighted by atomic mass is 16.2. The van der Waals surface area contributed by atoms with Gasteiger partial charge in [-0.2, -0.15) is 5.10 Å². The fourth-order valence-electron chi connectivity index (χ4n) is 4.37. The molecule has 0 spiro atoms. The van der Waals surface area contributed by atoms with Gasteiger partial charge in [-0.15, -0.1) is 0 Å². The molecule has 1 saturated heterocycles. The zero-order valence-corrected chi connectivity index (χ0v) is 15.5. The topological polar surface area (TPSA) is 67.2 Å². The van der Waals surface area contributed by atoms with Crippen molar-refractivity contribution >= 4 is 6.03 Å². The third-order valence-corrected chi connectivity index (χ3v) is 6.09. The highest BCUT2D eigenvalue weighted by Gasteiger charge is 2.31. The summed E-state index contributed by atoms with van der Waals surface area (Å²) in [7, 11) is 0. The molecule has 2 aliphatic carbocycles. The van der Waals surface area contributed by atoms with Crippen LogP contribution >= 0.6 is 0 Å². The summed E-state index contributed by atoms with van der Waals surface area (Å²) in [5.74, 6) is 0.528. The summed E-state index contributed by atoms with van der Waals surface area (Å²) in [4.78, 5) is 27.0. The minimum Gasteiger partial charge on any atom is -0.335 e. The minimum absolute atomic E-state index is 0.0470. The molecule has 26 heavy (non-hydrogen) atoms. The molecule has 2 heterocycles. The first-order valence-corrected chi connectivity index (χ1v) is 10.4. The third-order valence-electron chi connectivity index (χ3n) is 6.09. The lowest BCUT2D eigenvalue weighted by Gasteiger charge is -2.27. The second-order valence-electron chi connectivity index (χ2n) is 8.18. The van der Waals surface area contributed by atoms with E-state index < -0.39 is 0 Å². The Labute approximate surface area is 155 Å². The molecule has 4 rings (SSSR count). The molecule has 2 amide bonds. The Morgan fingerprint density at radius 1 is 1.04 bits per heavy atom. The summed E-state index contributed by atoms with van der Waals surface area (Å²) in [5, 5.41) is 7.82. The van der Waals surface area contributed by atoms with Crippen molar-refractivity contribution in [1.82, 2.24) is 20.0 Å². The van der Waals surface area contributed by atoms with E-state index in [1.165, 1.54) is 38.5 Å². The summed E-state index contributed by atoms with van der Waals surface area (Å²) < 4.78 is 1.58. The number of amides is 2. The third kappa shape index (κ3) is 4.10. The van der Waals surface area contributed by atoms with Gasteiger partial charge < -0.3 is 10.2 Å². The second-order valence-corrected chi connectivity index (χ2v) is 8.18. The Hall–Kier alpha value is -1.85. The van der Waals surface area contributed by atoms with Crippen molar-refractivity contribution in [2.24, 2.45) is 0 Å². The van der Waals surface area contributed by atoms with Crippen LogP contribution in [0.4, 0.5) is 4.79 Å². The van der Waals surface area contributed by atoms with Gasteiger partial charge in [0, 0.05) is 24.6 Å². The average Bonchev–Trinajstić information content (AvgIpc) is 3.42. The predicted octanol–water partition coefficient (Wildman–Crippen LogP) is 3.02. The van der Waals surface area contributed by atoms with Crippen molar-refractivity contribution in [3.8, 4) is 0 Å². The Morgan fingerprint density at radius 3 is 2.54 bits per heavy atom. The molecule has 1 aliphatic heterocycles. The molecule has 1 aromatic heterocycles. The number of nitrogens with zero attached hydrogens (tertiary/aromatic N) is 3. The van der Waals surface area contributed by atoms with Crippen LogP contribution in [0.15, 0.2) is 16.9 Å². The van der Waals surface area contributed by atoms with Gasteiger partial charge in [0.2, 0.25) is 0 Å². The van der Waals surface area contributed by atoms with Crippen molar-refractivity contribution in [2.75, 3.05) is 6.54 Å². The number of carbonyl (C=O) groups is 1. The molecule has 6 nitrogen and oxygen atoms in total. The van der Waals surface area contributed by atoms with Crippen LogP contribution in [0.1, 0.15) is 75.8 Å². The molecule has 142 valence electrons. The smallest absolute Gasteiger partial charge is 0.317 e. The number of rotatable bonds is 4. The van der Waals surface area contributed by atoms with E-state index in [4.69, 9.17) is 0 Å². The van der Waals surface area contributed by atoms with Crippen LogP contribution in [0.5, 0.6) is 0 Å². The molecule has 1 atom stereocenters. The van der Waals surface area contributed by atoms with Crippen LogP contribution in [0.2, 0.25) is 0 Å². The Morgan fingerprint density at radius 2 is 1.81 bits per heavy atom. The summed E-state index contributed by atoms with van der Waals surface area (Å²) in [6.07, 6.45) is 11.5. The van der Waals surface area contributed by atoms with Gasteiger partial charge in [0.15, 0.2) is 0 Å². The average molecular weight is 358 g/mol. The van der Waals surface area contributed by atoms with E-state index in [1.807, 2.05) is 11.0 Å². The van der Waals surface area contributed by atoms with E-state index in [-0.39, 0.29) is 17.6 Å². The molecule has 2 saturated carbocycles. The molecular weight excluding hydrogens is 328 g/mol. The lowest BCUT2D eigenvalue weighted by molar-refractivity contribution is 0.180. The first-order valence-electron chi connectivity index (χ1n) is 10.4. The highest BCUT2D eigenvalue weighted by molar-refractivity contribution is 5.75. The number of urea groups is 1. The van der Waals surface area contributed by atoms with Gasteiger partial charge >= 0.3 is 6.03 Å². The summed E-state index contributed by atoms with van der Waals surface area (Å²) in [6, 6.07) is 3.92. The van der Waals surface area contributed by atoms with E-state index in [9.17, 15) is 9.59 Å². The number of aromatic nitrogens is 2. The number of hydrogen-bond acceptors (Lipinski definition) is 3. The van der Waals surface area contributed by atoms with E-state index in [1.54, 1.807) is 10.7 Å². The Kier molecular flexibility index (Phi) is 5.27. The number of nitrogens with one attached hydrogen (secondary N) is 1. The quantitative estimate of drug-likeness (QED) is 0.841. The van der Waals surface area contributed by atoms with E-state index >= 15 is 0 Å². The largest absolute Gasteiger partial charge is 0.335 e. The first kappa shape index (κ1) is 17.6. The van der Waals surface area contributed by atoms with Crippen LogP contribution in [0.25, 0.3) is 0 Å². The van der Waals surface area contributed by atoms with Crippen molar-refractivity contribution in [1.29, 1.82) is 0 Å². The van der Waals surface area contributed by atoms with Crippen molar-refractivity contribution in [3.63, 3.8) is 0 Å². The molecule has 0 aromatic carbocycles. The van der Waals surface area contributed by atoms with Crippen molar-refractivity contribution in [2.45, 2.75) is 88.8 Å². The Balaban J connectivity index is 1.40. The molecule has 3 aliphatic rings. The molecule has 1 N–H and O–H groups in total. The van der Waals surface area contributed by atoms with E-state index in [2.05, 4.69) is 10.4 Å². The predicted molar refractivity (Wildman–Crippen MR) is 100 cm³/mol. The Bertz CT molecular complexity index is 689. The zero-order chi connectivity index (χ0) is 17.9. The maximum atomic E-state index is 12.8. The molecule has 6 heteroatoms. The van der Waals surface area contributed by atoms with Gasteiger partial charge in [-0.25, -0.2) is 9.48 Å². The van der Waals surface area contributed by atoms with Crippen LogP contribution in [0, 0.1) is 0 Å². The SMILES string of the molecule is O=C(NC1CCCCCC1)N1CCCC1Cn1nc(C2CC2)ccc1=O. The van der Waals surface area contributed by atoms with Crippen LogP contribution < -0.4 is 10.9 Å². The number of carbonyl (C=O) groups excluding carboxylic acids is 1. The fourth-order valence-corrected chi connectivity index (χ4v) is 4.37. The monoisotopic (exact) mass is 358 g/mol. The van der Waals surface area contributed by atoms with Crippen molar-refractivity contribution < 1.29 is 4.79 Å². The van der Waals surface area contributed by atoms with Gasteiger partial charge in [-0.05, 0) is 44.6 Å². The number of hydrogen-bond donors (Lipinski definition) is 1. The number of likely N-dealkylation sites (tertiary alicyclic amines) is 1. The van der Waals surface area contributed by atoms with Gasteiger partial charge in [0.05, 0.1) is 18.3 Å². The maximum Gasteiger partial charge on any atom is 0.317 e. The zero-order valence-electron chi connectivity index (χ0n) is 15.5. The van der Waals surface area contributed by atoms with Crippen LogP contribution in [0.3, 0.4) is 0 Å².